The van der Waals surface area contributed by atoms with Crippen molar-refractivity contribution in [2.24, 2.45) is 0 Å². The number of thioether (sulfide) groups is 1. The minimum absolute atomic E-state index is 0.0348. The van der Waals surface area contributed by atoms with Crippen LogP contribution in [0.2, 0.25) is 0 Å². The van der Waals surface area contributed by atoms with E-state index < -0.39 is 0 Å². The molecule has 0 spiro atoms. The van der Waals surface area contributed by atoms with Gasteiger partial charge in [0.15, 0.2) is 5.13 Å². The number of hydrogen-bond donors (Lipinski definition) is 1. The van der Waals surface area contributed by atoms with Crippen LogP contribution in [0.1, 0.15) is 33.9 Å². The molecule has 0 aromatic carbocycles. The molecule has 130 valence electrons. The van der Waals surface area contributed by atoms with Crippen molar-refractivity contribution in [3.05, 3.63) is 27.3 Å². The summed E-state index contributed by atoms with van der Waals surface area (Å²) in [5, 5.41) is 5.63. The summed E-state index contributed by atoms with van der Waals surface area (Å²) >= 11 is 4.75. The molecule has 4 rings (SSSR count). The monoisotopic (exact) mass is 390 g/mol. The lowest BCUT2D eigenvalue weighted by molar-refractivity contribution is -0.113. The standard InChI is InChI=1S/C17H18N4OS3/c1-9-10(2)24-16-14(9)15(18-8-19-16)23-7-13(22)21-17-20-11-5-3-4-6-12(11)25-17/h8H,3-7H2,1-2H3,(H,20,21,22). The number of thiophene rings is 1. The van der Waals surface area contributed by atoms with Crippen molar-refractivity contribution < 1.29 is 4.79 Å². The van der Waals surface area contributed by atoms with Crippen molar-refractivity contribution in [1.82, 2.24) is 15.0 Å². The Morgan fingerprint density at radius 1 is 1.24 bits per heavy atom. The molecule has 0 atom stereocenters. The van der Waals surface area contributed by atoms with Crippen LogP contribution in [0.15, 0.2) is 11.4 Å². The van der Waals surface area contributed by atoms with Crippen molar-refractivity contribution in [2.45, 2.75) is 44.6 Å². The van der Waals surface area contributed by atoms with Gasteiger partial charge >= 0.3 is 0 Å². The molecular formula is C17H18N4OS3. The van der Waals surface area contributed by atoms with Crippen LogP contribution in [0.4, 0.5) is 5.13 Å². The Bertz CT molecular complexity index is 923. The molecule has 1 amide bonds. The number of aromatic nitrogens is 3. The smallest absolute Gasteiger partial charge is 0.236 e. The Labute approximate surface area is 158 Å². The van der Waals surface area contributed by atoms with E-state index in [1.54, 1.807) is 29.0 Å². The van der Waals surface area contributed by atoms with E-state index in [4.69, 9.17) is 0 Å². The number of carbonyl (C=O) groups is 1. The van der Waals surface area contributed by atoms with Crippen molar-refractivity contribution in [3.8, 4) is 0 Å². The molecule has 0 saturated heterocycles. The maximum Gasteiger partial charge on any atom is 0.236 e. The molecule has 3 aromatic rings. The first-order valence-electron chi connectivity index (χ1n) is 8.23. The third-order valence-electron chi connectivity index (χ3n) is 4.36. The lowest BCUT2D eigenvalue weighted by atomic mass is 10.0. The van der Waals surface area contributed by atoms with Gasteiger partial charge in [0.2, 0.25) is 5.91 Å². The first kappa shape index (κ1) is 16.9. The topological polar surface area (TPSA) is 67.8 Å². The average molecular weight is 391 g/mol. The second kappa shape index (κ2) is 7.01. The zero-order chi connectivity index (χ0) is 17.4. The first-order valence-corrected chi connectivity index (χ1v) is 10.9. The van der Waals surface area contributed by atoms with Gasteiger partial charge in [-0.2, -0.15) is 0 Å². The van der Waals surface area contributed by atoms with Gasteiger partial charge < -0.3 is 5.32 Å². The van der Waals surface area contributed by atoms with Gasteiger partial charge in [-0.05, 0) is 45.1 Å². The number of rotatable bonds is 4. The molecule has 1 aliphatic rings. The largest absolute Gasteiger partial charge is 0.301 e. The molecule has 0 fully saturated rings. The molecule has 3 heterocycles. The number of amides is 1. The number of aryl methyl sites for hydroxylation is 4. The molecule has 0 radical (unpaired) electrons. The van der Waals surface area contributed by atoms with Gasteiger partial charge in [0.05, 0.1) is 11.4 Å². The number of nitrogens with one attached hydrogen (secondary N) is 1. The van der Waals surface area contributed by atoms with Gasteiger partial charge in [-0.25, -0.2) is 15.0 Å². The van der Waals surface area contributed by atoms with E-state index in [0.717, 1.165) is 33.2 Å². The van der Waals surface area contributed by atoms with Crippen LogP contribution in [0.5, 0.6) is 0 Å². The molecule has 25 heavy (non-hydrogen) atoms. The number of hydrogen-bond acceptors (Lipinski definition) is 7. The van der Waals surface area contributed by atoms with Gasteiger partial charge in [0.25, 0.3) is 0 Å². The van der Waals surface area contributed by atoms with Crippen LogP contribution in [0, 0.1) is 13.8 Å². The second-order valence-electron chi connectivity index (χ2n) is 6.08. The fraction of sp³-hybridized carbons (Fsp3) is 0.412. The summed E-state index contributed by atoms with van der Waals surface area (Å²) in [5.74, 6) is 0.289. The van der Waals surface area contributed by atoms with Crippen LogP contribution in [0.3, 0.4) is 0 Å². The molecule has 0 unspecified atom stereocenters. The minimum Gasteiger partial charge on any atom is -0.301 e. The zero-order valence-electron chi connectivity index (χ0n) is 14.1. The van der Waals surface area contributed by atoms with E-state index in [2.05, 4.69) is 34.1 Å². The van der Waals surface area contributed by atoms with Crippen LogP contribution in [-0.4, -0.2) is 26.6 Å². The number of anilines is 1. The maximum atomic E-state index is 12.3. The fourth-order valence-electron chi connectivity index (χ4n) is 2.95. The van der Waals surface area contributed by atoms with E-state index in [1.807, 2.05) is 0 Å². The van der Waals surface area contributed by atoms with Crippen LogP contribution < -0.4 is 5.32 Å². The van der Waals surface area contributed by atoms with E-state index in [0.29, 0.717) is 5.75 Å². The predicted molar refractivity (Wildman–Crippen MR) is 105 cm³/mol. The van der Waals surface area contributed by atoms with Crippen molar-refractivity contribution in [2.75, 3.05) is 11.1 Å². The highest BCUT2D eigenvalue weighted by molar-refractivity contribution is 8.00. The molecule has 1 N–H and O–H groups in total. The predicted octanol–water partition coefficient (Wildman–Crippen LogP) is 4.37. The van der Waals surface area contributed by atoms with Gasteiger partial charge in [-0.3, -0.25) is 4.79 Å². The van der Waals surface area contributed by atoms with E-state index in [-0.39, 0.29) is 5.91 Å². The molecular weight excluding hydrogens is 372 g/mol. The Morgan fingerprint density at radius 3 is 2.92 bits per heavy atom. The Hall–Kier alpha value is -1.51. The summed E-state index contributed by atoms with van der Waals surface area (Å²) < 4.78 is 0. The molecule has 0 aliphatic heterocycles. The van der Waals surface area contributed by atoms with Crippen molar-refractivity contribution in [1.29, 1.82) is 0 Å². The lowest BCUT2D eigenvalue weighted by Crippen LogP contribution is -2.14. The number of carbonyl (C=O) groups excluding carboxylic acids is 1. The van der Waals surface area contributed by atoms with Crippen LogP contribution in [-0.2, 0) is 17.6 Å². The van der Waals surface area contributed by atoms with E-state index in [9.17, 15) is 4.79 Å². The summed E-state index contributed by atoms with van der Waals surface area (Å²) in [7, 11) is 0. The number of fused-ring (bicyclic) bond motifs is 2. The Kier molecular flexibility index (Phi) is 4.75. The van der Waals surface area contributed by atoms with Crippen molar-refractivity contribution >= 4 is 55.7 Å². The van der Waals surface area contributed by atoms with Gasteiger partial charge in [0.1, 0.15) is 16.2 Å². The summed E-state index contributed by atoms with van der Waals surface area (Å²) in [4.78, 5) is 29.2. The van der Waals surface area contributed by atoms with Gasteiger partial charge in [0, 0.05) is 15.1 Å². The molecule has 0 bridgehead atoms. The van der Waals surface area contributed by atoms with E-state index in [1.165, 1.54) is 45.6 Å². The molecule has 5 nitrogen and oxygen atoms in total. The number of thiazole rings is 1. The third kappa shape index (κ3) is 3.43. The molecule has 0 saturated carbocycles. The number of nitrogens with zero attached hydrogens (tertiary/aromatic N) is 3. The van der Waals surface area contributed by atoms with Crippen molar-refractivity contribution in [3.63, 3.8) is 0 Å². The summed E-state index contributed by atoms with van der Waals surface area (Å²) in [6.07, 6.45) is 6.12. The van der Waals surface area contributed by atoms with Gasteiger partial charge in [-0.1, -0.05) is 11.8 Å². The fourth-order valence-corrected chi connectivity index (χ4v) is 5.94. The van der Waals surface area contributed by atoms with Crippen LogP contribution >= 0.6 is 34.4 Å². The second-order valence-corrected chi connectivity index (χ2v) is 9.33. The summed E-state index contributed by atoms with van der Waals surface area (Å²) in [5.41, 5.74) is 2.37. The van der Waals surface area contributed by atoms with Gasteiger partial charge in [-0.15, -0.1) is 22.7 Å². The summed E-state index contributed by atoms with van der Waals surface area (Å²) in [6.45, 7) is 4.18. The summed E-state index contributed by atoms with van der Waals surface area (Å²) in [6, 6.07) is 0. The third-order valence-corrected chi connectivity index (χ3v) is 7.54. The van der Waals surface area contributed by atoms with E-state index >= 15 is 0 Å². The zero-order valence-corrected chi connectivity index (χ0v) is 16.5. The highest BCUT2D eigenvalue weighted by Crippen LogP contribution is 2.34. The highest BCUT2D eigenvalue weighted by atomic mass is 32.2. The average Bonchev–Trinajstić information content (AvgIpc) is 3.13. The quantitative estimate of drug-likeness (QED) is 0.529. The Morgan fingerprint density at radius 2 is 2.08 bits per heavy atom. The molecule has 1 aliphatic carbocycles. The lowest BCUT2D eigenvalue weighted by Gasteiger charge is -2.06. The first-order chi connectivity index (χ1) is 12.1. The molecule has 3 aromatic heterocycles. The SMILES string of the molecule is Cc1sc2ncnc(SCC(=O)Nc3nc4c(s3)CCCC4)c2c1C. The minimum atomic E-state index is -0.0348. The normalized spacial score (nSPS) is 13.8. The highest BCUT2D eigenvalue weighted by Gasteiger charge is 2.17. The maximum absolute atomic E-state index is 12.3. The Balaban J connectivity index is 1.45. The van der Waals surface area contributed by atoms with Crippen LogP contribution in [0.25, 0.3) is 10.2 Å². The molecule has 8 heteroatoms.